The van der Waals surface area contributed by atoms with Gasteiger partial charge in [-0.15, -0.1) is 0 Å². The number of aromatic nitrogens is 4. The van der Waals surface area contributed by atoms with Crippen LogP contribution in [0.5, 0.6) is 0 Å². The summed E-state index contributed by atoms with van der Waals surface area (Å²) in [4.78, 5) is 31.1. The first-order valence-electron chi connectivity index (χ1n) is 8.26. The van der Waals surface area contributed by atoms with Gasteiger partial charge in [-0.3, -0.25) is 14.6 Å². The highest BCUT2D eigenvalue weighted by Gasteiger charge is 2.12. The number of aromatic amines is 1. The third-order valence-corrected chi connectivity index (χ3v) is 3.65. The van der Waals surface area contributed by atoms with E-state index in [9.17, 15) is 9.59 Å². The van der Waals surface area contributed by atoms with Gasteiger partial charge in [-0.25, -0.2) is 4.98 Å². The lowest BCUT2D eigenvalue weighted by Crippen LogP contribution is -2.18. The Labute approximate surface area is 150 Å². The molecule has 0 spiro atoms. The normalized spacial score (nSPS) is 11.0. The van der Waals surface area contributed by atoms with E-state index >= 15 is 0 Å². The first kappa shape index (κ1) is 17.3. The second-order valence-electron chi connectivity index (χ2n) is 5.73. The van der Waals surface area contributed by atoms with Crippen LogP contribution in [0, 0.1) is 6.92 Å². The van der Waals surface area contributed by atoms with Gasteiger partial charge in [-0.05, 0) is 25.0 Å². The van der Waals surface area contributed by atoms with Crippen molar-refractivity contribution in [3.05, 3.63) is 75.8 Å². The molecule has 0 saturated carbocycles. The van der Waals surface area contributed by atoms with Gasteiger partial charge in [0.25, 0.3) is 5.56 Å². The maximum atomic E-state index is 12.2. The molecule has 1 amide bonds. The zero-order chi connectivity index (χ0) is 18.5. The summed E-state index contributed by atoms with van der Waals surface area (Å²) >= 11 is 0. The Kier molecular flexibility index (Phi) is 5.07. The minimum atomic E-state index is -0.302. The van der Waals surface area contributed by atoms with Crippen molar-refractivity contribution in [1.82, 2.24) is 19.7 Å². The lowest BCUT2D eigenvalue weighted by Gasteiger charge is -2.07. The minimum Gasteiger partial charge on any atom is -0.307 e. The number of carbonyl (C=O) groups excluding carboxylic acids is 1. The van der Waals surface area contributed by atoms with Crippen LogP contribution in [0.2, 0.25) is 0 Å². The number of aryl methyl sites for hydroxylation is 2. The van der Waals surface area contributed by atoms with Crippen molar-refractivity contribution in [3.8, 4) is 5.95 Å². The Hall–Kier alpha value is -3.48. The van der Waals surface area contributed by atoms with Gasteiger partial charge >= 0.3 is 0 Å². The maximum absolute atomic E-state index is 12.2. The monoisotopic (exact) mass is 349 g/mol. The Morgan fingerprint density at radius 3 is 2.77 bits per heavy atom. The Morgan fingerprint density at radius 2 is 2.04 bits per heavy atom. The van der Waals surface area contributed by atoms with Crippen LogP contribution in [0.1, 0.15) is 23.9 Å². The molecule has 7 nitrogen and oxygen atoms in total. The van der Waals surface area contributed by atoms with Gasteiger partial charge in [0.15, 0.2) is 0 Å². The maximum Gasteiger partial charge on any atom is 0.252 e. The van der Waals surface area contributed by atoms with Crippen LogP contribution in [0.15, 0.2) is 53.3 Å². The molecule has 0 atom stereocenters. The van der Waals surface area contributed by atoms with E-state index < -0.39 is 0 Å². The van der Waals surface area contributed by atoms with Crippen LogP contribution in [-0.4, -0.2) is 25.7 Å². The van der Waals surface area contributed by atoms with E-state index in [0.29, 0.717) is 23.6 Å². The summed E-state index contributed by atoms with van der Waals surface area (Å²) in [6.07, 6.45) is 3.79. The second-order valence-corrected chi connectivity index (χ2v) is 5.73. The molecule has 7 heteroatoms. The molecule has 0 aliphatic heterocycles. The summed E-state index contributed by atoms with van der Waals surface area (Å²) in [6.45, 7) is 3.71. The van der Waals surface area contributed by atoms with Gasteiger partial charge in [-0.1, -0.05) is 37.3 Å². The number of nitrogens with one attached hydrogen (secondary N) is 2. The molecule has 2 aromatic heterocycles. The average molecular weight is 349 g/mol. The highest BCUT2D eigenvalue weighted by molar-refractivity contribution is 6.01. The molecule has 0 aliphatic carbocycles. The summed E-state index contributed by atoms with van der Waals surface area (Å²) in [5.74, 6) is 0.399. The number of H-pyrrole nitrogens is 1. The number of hydrogen-bond acceptors (Lipinski definition) is 4. The van der Waals surface area contributed by atoms with Gasteiger partial charge < -0.3 is 5.32 Å². The molecule has 132 valence electrons. The van der Waals surface area contributed by atoms with Gasteiger partial charge in [0, 0.05) is 23.9 Å². The summed E-state index contributed by atoms with van der Waals surface area (Å²) in [5, 5.41) is 7.08. The van der Waals surface area contributed by atoms with Crippen molar-refractivity contribution in [1.29, 1.82) is 0 Å². The van der Waals surface area contributed by atoms with E-state index in [2.05, 4.69) is 20.4 Å². The van der Waals surface area contributed by atoms with Crippen molar-refractivity contribution < 1.29 is 4.79 Å². The Morgan fingerprint density at radius 1 is 1.27 bits per heavy atom. The van der Waals surface area contributed by atoms with Crippen molar-refractivity contribution in [2.45, 2.75) is 20.3 Å². The fraction of sp³-hybridized carbons (Fsp3) is 0.158. The number of benzene rings is 1. The van der Waals surface area contributed by atoms with E-state index in [1.54, 1.807) is 19.1 Å². The Bertz CT molecular complexity index is 1000. The molecular weight excluding hydrogens is 330 g/mol. The third kappa shape index (κ3) is 4.13. The molecule has 1 aromatic carbocycles. The fourth-order valence-electron chi connectivity index (χ4n) is 2.43. The number of hydrogen-bond donors (Lipinski definition) is 2. The number of nitrogens with zero attached hydrogens (tertiary/aromatic N) is 3. The summed E-state index contributed by atoms with van der Waals surface area (Å²) < 4.78 is 1.42. The molecule has 3 aromatic rings. The summed E-state index contributed by atoms with van der Waals surface area (Å²) in [6, 6.07) is 12.7. The molecule has 0 saturated heterocycles. The van der Waals surface area contributed by atoms with Crippen molar-refractivity contribution in [3.63, 3.8) is 0 Å². The highest BCUT2D eigenvalue weighted by Crippen LogP contribution is 2.14. The molecule has 0 aliphatic rings. The highest BCUT2D eigenvalue weighted by atomic mass is 16.1. The zero-order valence-electron chi connectivity index (χ0n) is 14.6. The number of rotatable bonds is 5. The van der Waals surface area contributed by atoms with Crippen molar-refractivity contribution >= 4 is 17.8 Å². The van der Waals surface area contributed by atoms with E-state index in [1.165, 1.54) is 16.8 Å². The largest absolute Gasteiger partial charge is 0.307 e. The van der Waals surface area contributed by atoms with Gasteiger partial charge in [-0.2, -0.15) is 9.78 Å². The molecule has 0 radical (unpaired) electrons. The molecular formula is C19H19N5O2. The minimum absolute atomic E-state index is 0.263. The molecule has 0 fully saturated rings. The predicted octanol–water partition coefficient (Wildman–Crippen LogP) is 2.48. The average Bonchev–Trinajstić information content (AvgIpc) is 3.00. The lowest BCUT2D eigenvalue weighted by molar-refractivity contribution is -0.111. The molecule has 0 bridgehead atoms. The third-order valence-electron chi connectivity index (χ3n) is 3.65. The quantitative estimate of drug-likeness (QED) is 0.692. The van der Waals surface area contributed by atoms with Crippen LogP contribution >= 0.6 is 0 Å². The first-order chi connectivity index (χ1) is 12.5. The zero-order valence-corrected chi connectivity index (χ0v) is 14.6. The van der Waals surface area contributed by atoms with Gasteiger partial charge in [0.05, 0.1) is 5.69 Å². The molecule has 0 unspecified atom stereocenters. The van der Waals surface area contributed by atoms with Crippen molar-refractivity contribution in [2.75, 3.05) is 5.32 Å². The summed E-state index contributed by atoms with van der Waals surface area (Å²) in [7, 11) is 0. The second kappa shape index (κ2) is 7.60. The van der Waals surface area contributed by atoms with Crippen LogP contribution in [-0.2, 0) is 11.2 Å². The van der Waals surface area contributed by atoms with E-state index in [4.69, 9.17) is 0 Å². The van der Waals surface area contributed by atoms with E-state index in [-0.39, 0.29) is 17.4 Å². The standard InChI is InChI=1S/C19H19N5O2/c1-3-15-12-18(26)22-19(20-15)24-16(11-13(2)23-24)21-17(25)10-9-14-7-5-4-6-8-14/h4-12H,3H2,1-2H3,(H,21,25)(H,20,22,26)/b10-9+. The molecule has 26 heavy (non-hydrogen) atoms. The van der Waals surface area contributed by atoms with Crippen molar-refractivity contribution in [2.24, 2.45) is 0 Å². The SMILES string of the molecule is CCc1cc(=O)[nH]c(-n2nc(C)cc2NC(=O)/C=C/c2ccccc2)n1. The van der Waals surface area contributed by atoms with Gasteiger partial charge in [0.2, 0.25) is 11.9 Å². The molecule has 3 rings (SSSR count). The molecule has 2 heterocycles. The van der Waals surface area contributed by atoms with E-state index in [1.807, 2.05) is 37.3 Å². The predicted molar refractivity (Wildman–Crippen MR) is 100 cm³/mol. The number of carbonyl (C=O) groups is 1. The fourth-order valence-corrected chi connectivity index (χ4v) is 2.43. The number of amides is 1. The van der Waals surface area contributed by atoms with Crippen LogP contribution in [0.4, 0.5) is 5.82 Å². The number of anilines is 1. The topological polar surface area (TPSA) is 92.7 Å². The summed E-state index contributed by atoms with van der Waals surface area (Å²) in [5.41, 5.74) is 2.00. The Balaban J connectivity index is 1.86. The smallest absolute Gasteiger partial charge is 0.252 e. The van der Waals surface area contributed by atoms with Gasteiger partial charge in [0.1, 0.15) is 5.82 Å². The lowest BCUT2D eigenvalue weighted by atomic mass is 10.2. The van der Waals surface area contributed by atoms with Crippen LogP contribution in [0.25, 0.3) is 12.0 Å². The first-order valence-corrected chi connectivity index (χ1v) is 8.26. The van der Waals surface area contributed by atoms with Crippen LogP contribution < -0.4 is 10.9 Å². The molecule has 2 N–H and O–H groups in total. The van der Waals surface area contributed by atoms with E-state index in [0.717, 1.165) is 5.56 Å². The van der Waals surface area contributed by atoms with Crippen LogP contribution in [0.3, 0.4) is 0 Å².